The van der Waals surface area contributed by atoms with Crippen molar-refractivity contribution in [2.45, 2.75) is 25.8 Å². The highest BCUT2D eigenvalue weighted by molar-refractivity contribution is 9.10. The molecule has 2 aromatic rings. The van der Waals surface area contributed by atoms with Crippen molar-refractivity contribution in [1.82, 2.24) is 15.0 Å². The van der Waals surface area contributed by atoms with Crippen molar-refractivity contribution in [3.63, 3.8) is 0 Å². The Labute approximate surface area is 149 Å². The average Bonchev–Trinajstić information content (AvgIpc) is 3.01. The van der Waals surface area contributed by atoms with Gasteiger partial charge >= 0.3 is 0 Å². The van der Waals surface area contributed by atoms with Gasteiger partial charge in [0.1, 0.15) is 12.1 Å². The van der Waals surface area contributed by atoms with Crippen molar-refractivity contribution in [2.75, 3.05) is 29.4 Å². The zero-order valence-electron chi connectivity index (χ0n) is 13.5. The number of hydrogen-bond donors (Lipinski definition) is 0. The minimum atomic E-state index is -0.349. The number of anilines is 2. The third kappa shape index (κ3) is 2.75. The average molecular weight is 392 g/mol. The van der Waals surface area contributed by atoms with E-state index in [9.17, 15) is 4.39 Å². The Morgan fingerprint density at radius 3 is 2.88 bits per heavy atom. The first-order valence-electron chi connectivity index (χ1n) is 8.23. The molecule has 4 heterocycles. The Kier molecular flexibility index (Phi) is 4.12. The lowest BCUT2D eigenvalue weighted by Crippen LogP contribution is -2.49. The van der Waals surface area contributed by atoms with E-state index in [4.69, 9.17) is 4.98 Å². The third-order valence-electron chi connectivity index (χ3n) is 5.11. The Morgan fingerprint density at radius 1 is 1.25 bits per heavy atom. The molecule has 2 aliphatic rings. The van der Waals surface area contributed by atoms with Crippen LogP contribution in [-0.2, 0) is 0 Å². The number of pyridine rings is 1. The summed E-state index contributed by atoms with van der Waals surface area (Å²) < 4.78 is 15.1. The SMILES string of the molecule is Cc1nc(N2CCC3CCN(c4ncncc4F)CC32)ccc1Br. The van der Waals surface area contributed by atoms with Gasteiger partial charge < -0.3 is 9.80 Å². The van der Waals surface area contributed by atoms with Gasteiger partial charge in [-0.15, -0.1) is 0 Å². The molecule has 0 N–H and O–H groups in total. The van der Waals surface area contributed by atoms with Gasteiger partial charge in [0.25, 0.3) is 0 Å². The van der Waals surface area contributed by atoms with Crippen LogP contribution in [-0.4, -0.2) is 40.6 Å². The molecule has 4 rings (SSSR count). The highest BCUT2D eigenvalue weighted by atomic mass is 79.9. The molecule has 0 amide bonds. The lowest BCUT2D eigenvalue weighted by molar-refractivity contribution is 0.385. The van der Waals surface area contributed by atoms with Gasteiger partial charge in [0, 0.05) is 24.1 Å². The monoisotopic (exact) mass is 391 g/mol. The number of aryl methyl sites for hydroxylation is 1. The van der Waals surface area contributed by atoms with Crippen molar-refractivity contribution in [3.8, 4) is 0 Å². The zero-order chi connectivity index (χ0) is 16.7. The molecule has 24 heavy (non-hydrogen) atoms. The van der Waals surface area contributed by atoms with E-state index in [1.807, 2.05) is 11.8 Å². The summed E-state index contributed by atoms with van der Waals surface area (Å²) in [6.45, 7) is 4.62. The number of hydrogen-bond acceptors (Lipinski definition) is 5. The second-order valence-corrected chi connectivity index (χ2v) is 7.33. The van der Waals surface area contributed by atoms with Crippen LogP contribution in [0, 0.1) is 18.7 Å². The lowest BCUT2D eigenvalue weighted by atomic mass is 9.92. The largest absolute Gasteiger partial charge is 0.352 e. The summed E-state index contributed by atoms with van der Waals surface area (Å²) in [5, 5.41) is 0. The van der Waals surface area contributed by atoms with Crippen LogP contribution < -0.4 is 9.80 Å². The van der Waals surface area contributed by atoms with Gasteiger partial charge in [0.05, 0.1) is 17.9 Å². The first-order valence-corrected chi connectivity index (χ1v) is 9.03. The highest BCUT2D eigenvalue weighted by Gasteiger charge is 2.39. The molecule has 2 aromatic heterocycles. The molecule has 2 atom stereocenters. The molecule has 2 saturated heterocycles. The maximum atomic E-state index is 14.0. The van der Waals surface area contributed by atoms with Crippen LogP contribution in [0.5, 0.6) is 0 Å². The van der Waals surface area contributed by atoms with E-state index in [2.05, 4.69) is 42.9 Å². The van der Waals surface area contributed by atoms with Gasteiger partial charge in [-0.3, -0.25) is 0 Å². The first-order chi connectivity index (χ1) is 11.6. The molecule has 2 unspecified atom stereocenters. The summed E-state index contributed by atoms with van der Waals surface area (Å²) >= 11 is 3.51. The summed E-state index contributed by atoms with van der Waals surface area (Å²) in [7, 11) is 0. The Hall–Kier alpha value is -1.76. The van der Waals surface area contributed by atoms with Crippen LogP contribution in [0.3, 0.4) is 0 Å². The lowest BCUT2D eigenvalue weighted by Gasteiger charge is -2.39. The third-order valence-corrected chi connectivity index (χ3v) is 5.95. The smallest absolute Gasteiger partial charge is 0.183 e. The molecule has 2 fully saturated rings. The minimum absolute atomic E-state index is 0.348. The van der Waals surface area contributed by atoms with Crippen LogP contribution >= 0.6 is 15.9 Å². The fraction of sp³-hybridized carbons (Fsp3) is 0.471. The molecule has 0 aliphatic carbocycles. The molecule has 5 nitrogen and oxygen atoms in total. The molecular formula is C17H19BrFN5. The van der Waals surface area contributed by atoms with Crippen molar-refractivity contribution in [2.24, 2.45) is 5.92 Å². The number of fused-ring (bicyclic) bond motifs is 1. The van der Waals surface area contributed by atoms with Crippen molar-refractivity contribution < 1.29 is 4.39 Å². The second-order valence-electron chi connectivity index (χ2n) is 6.48. The molecular weight excluding hydrogens is 373 g/mol. The van der Waals surface area contributed by atoms with Crippen LogP contribution in [0.1, 0.15) is 18.5 Å². The molecule has 0 bridgehead atoms. The van der Waals surface area contributed by atoms with Crippen LogP contribution in [0.4, 0.5) is 16.0 Å². The Balaban J connectivity index is 1.59. The number of rotatable bonds is 2. The fourth-order valence-electron chi connectivity index (χ4n) is 3.85. The summed E-state index contributed by atoms with van der Waals surface area (Å²) in [5.74, 6) is 1.71. The van der Waals surface area contributed by atoms with Gasteiger partial charge in [-0.05, 0) is 53.7 Å². The van der Waals surface area contributed by atoms with E-state index in [0.717, 1.165) is 42.0 Å². The number of piperidine rings is 1. The van der Waals surface area contributed by atoms with E-state index in [-0.39, 0.29) is 5.82 Å². The van der Waals surface area contributed by atoms with E-state index in [0.29, 0.717) is 17.8 Å². The predicted molar refractivity (Wildman–Crippen MR) is 94.7 cm³/mol. The topological polar surface area (TPSA) is 45.2 Å². The number of halogens is 2. The Morgan fingerprint density at radius 2 is 2.08 bits per heavy atom. The molecule has 2 aliphatic heterocycles. The molecule has 0 radical (unpaired) electrons. The van der Waals surface area contributed by atoms with Crippen molar-refractivity contribution in [1.29, 1.82) is 0 Å². The van der Waals surface area contributed by atoms with Gasteiger partial charge in [-0.2, -0.15) is 0 Å². The maximum Gasteiger partial charge on any atom is 0.183 e. The summed E-state index contributed by atoms with van der Waals surface area (Å²) in [6.07, 6.45) is 4.87. The number of nitrogens with zero attached hydrogens (tertiary/aromatic N) is 5. The molecule has 0 saturated carbocycles. The zero-order valence-corrected chi connectivity index (χ0v) is 15.1. The summed E-state index contributed by atoms with van der Waals surface area (Å²) in [6, 6.07) is 4.46. The van der Waals surface area contributed by atoms with Gasteiger partial charge in [-0.1, -0.05) is 0 Å². The van der Waals surface area contributed by atoms with E-state index in [1.54, 1.807) is 0 Å². The van der Waals surface area contributed by atoms with Crippen molar-refractivity contribution in [3.05, 3.63) is 40.6 Å². The maximum absolute atomic E-state index is 14.0. The highest BCUT2D eigenvalue weighted by Crippen LogP contribution is 2.36. The predicted octanol–water partition coefficient (Wildman–Crippen LogP) is 3.19. The van der Waals surface area contributed by atoms with Crippen LogP contribution in [0.2, 0.25) is 0 Å². The normalized spacial score (nSPS) is 23.5. The van der Waals surface area contributed by atoms with Gasteiger partial charge in [-0.25, -0.2) is 19.3 Å². The molecule has 0 aromatic carbocycles. The molecule has 0 spiro atoms. The molecule has 7 heteroatoms. The van der Waals surface area contributed by atoms with E-state index < -0.39 is 0 Å². The van der Waals surface area contributed by atoms with E-state index in [1.165, 1.54) is 18.9 Å². The van der Waals surface area contributed by atoms with Gasteiger partial charge in [0.2, 0.25) is 0 Å². The second kappa shape index (κ2) is 6.27. The quantitative estimate of drug-likeness (QED) is 0.786. The molecule has 126 valence electrons. The van der Waals surface area contributed by atoms with Crippen LogP contribution in [0.15, 0.2) is 29.1 Å². The Bertz CT molecular complexity index is 756. The standard InChI is InChI=1S/C17H19BrFN5/c1-11-13(18)2-3-16(22-11)24-7-5-12-4-6-23(9-15(12)24)17-14(19)8-20-10-21-17/h2-3,8,10,12,15H,4-7,9H2,1H3. The fourth-order valence-corrected chi connectivity index (χ4v) is 4.07. The summed E-state index contributed by atoms with van der Waals surface area (Å²) in [5.41, 5.74) is 0.991. The minimum Gasteiger partial charge on any atom is -0.352 e. The summed E-state index contributed by atoms with van der Waals surface area (Å²) in [4.78, 5) is 17.0. The van der Waals surface area contributed by atoms with Crippen LogP contribution in [0.25, 0.3) is 0 Å². The van der Waals surface area contributed by atoms with Gasteiger partial charge in [0.15, 0.2) is 11.6 Å². The van der Waals surface area contributed by atoms with E-state index >= 15 is 0 Å². The van der Waals surface area contributed by atoms with Crippen molar-refractivity contribution >= 4 is 27.6 Å². The number of aromatic nitrogens is 3. The first kappa shape index (κ1) is 15.7.